The molecule has 4 saturated carbocycles. The van der Waals surface area contributed by atoms with Crippen LogP contribution in [-0.4, -0.2) is 30.6 Å². The van der Waals surface area contributed by atoms with E-state index in [0.29, 0.717) is 34.7 Å². The van der Waals surface area contributed by atoms with Gasteiger partial charge < -0.3 is 14.2 Å². The lowest BCUT2D eigenvalue weighted by Gasteiger charge is -2.61. The van der Waals surface area contributed by atoms with Crippen LogP contribution in [0.4, 0.5) is 0 Å². The second kappa shape index (κ2) is 7.69. The van der Waals surface area contributed by atoms with Crippen molar-refractivity contribution in [2.45, 2.75) is 117 Å². The van der Waals surface area contributed by atoms with Crippen molar-refractivity contribution in [3.8, 4) is 0 Å². The molecule has 0 aromatic heterocycles. The van der Waals surface area contributed by atoms with E-state index in [-0.39, 0.29) is 17.9 Å². The number of fused-ring (bicyclic) bond motifs is 7. The molecule has 0 bridgehead atoms. The lowest BCUT2D eigenvalue weighted by molar-refractivity contribution is -0.273. The summed E-state index contributed by atoms with van der Waals surface area (Å²) < 4.78 is 19.1. The molecule has 4 aliphatic carbocycles. The highest BCUT2D eigenvalue weighted by molar-refractivity contribution is 5.66. The average molecular weight is 459 g/mol. The first-order chi connectivity index (χ1) is 15.7. The molecule has 0 unspecified atom stereocenters. The van der Waals surface area contributed by atoms with E-state index in [0.717, 1.165) is 49.5 Å². The molecule has 12 atom stereocenters. The van der Waals surface area contributed by atoms with Gasteiger partial charge in [-0.25, -0.2) is 0 Å². The van der Waals surface area contributed by atoms with Crippen molar-refractivity contribution in [2.24, 2.45) is 52.3 Å². The van der Waals surface area contributed by atoms with Crippen LogP contribution in [-0.2, 0) is 19.0 Å². The molecule has 6 rings (SSSR count). The van der Waals surface area contributed by atoms with Crippen LogP contribution >= 0.6 is 0 Å². The molecule has 186 valence electrons. The molecule has 0 radical (unpaired) electrons. The van der Waals surface area contributed by atoms with E-state index in [4.69, 9.17) is 14.2 Å². The highest BCUT2D eigenvalue weighted by Gasteiger charge is 2.69. The average Bonchev–Trinajstić information content (AvgIpc) is 3.21. The molecule has 1 spiro atoms. The molecule has 6 aliphatic rings. The van der Waals surface area contributed by atoms with E-state index in [1.807, 2.05) is 0 Å². The Bertz CT molecular complexity index is 786. The second-order valence-corrected chi connectivity index (χ2v) is 13.7. The topological polar surface area (TPSA) is 44.8 Å². The number of rotatable bonds is 1. The Labute approximate surface area is 200 Å². The monoisotopic (exact) mass is 458 g/mol. The van der Waals surface area contributed by atoms with Gasteiger partial charge in [0.05, 0.1) is 12.7 Å². The molecule has 2 saturated heterocycles. The number of carbonyl (C=O) groups is 1. The summed E-state index contributed by atoms with van der Waals surface area (Å²) >= 11 is 0. The fraction of sp³-hybridized carbons (Fsp3) is 0.966. The fourth-order valence-electron chi connectivity index (χ4n) is 10.6. The normalized spacial score (nSPS) is 57.7. The molecular weight excluding hydrogens is 412 g/mol. The maximum Gasteiger partial charge on any atom is 0.302 e. The van der Waals surface area contributed by atoms with Crippen LogP contribution in [0.1, 0.15) is 98.8 Å². The first kappa shape index (κ1) is 22.8. The number of hydrogen-bond acceptors (Lipinski definition) is 4. The zero-order valence-electron chi connectivity index (χ0n) is 21.6. The van der Waals surface area contributed by atoms with Gasteiger partial charge in [-0.1, -0.05) is 27.7 Å². The van der Waals surface area contributed by atoms with Gasteiger partial charge in [-0.2, -0.15) is 0 Å². The first-order valence-electron chi connectivity index (χ1n) is 14.2. The van der Waals surface area contributed by atoms with Gasteiger partial charge in [0.15, 0.2) is 5.79 Å². The van der Waals surface area contributed by atoms with Crippen LogP contribution < -0.4 is 0 Å². The van der Waals surface area contributed by atoms with Crippen LogP contribution in [0, 0.1) is 52.3 Å². The van der Waals surface area contributed by atoms with Crippen molar-refractivity contribution >= 4 is 5.97 Å². The summed E-state index contributed by atoms with van der Waals surface area (Å²) in [5, 5.41) is 0. The highest BCUT2D eigenvalue weighted by atomic mass is 16.7. The molecule has 0 aromatic carbocycles. The Balaban J connectivity index is 1.21. The fourth-order valence-corrected chi connectivity index (χ4v) is 10.6. The van der Waals surface area contributed by atoms with Gasteiger partial charge >= 0.3 is 5.97 Å². The summed E-state index contributed by atoms with van der Waals surface area (Å²) in [6.45, 7) is 12.4. The first-order valence-corrected chi connectivity index (χ1v) is 14.2. The van der Waals surface area contributed by atoms with Crippen molar-refractivity contribution in [1.82, 2.24) is 0 Å². The summed E-state index contributed by atoms with van der Waals surface area (Å²) in [5.41, 5.74) is 0.828. The molecule has 0 amide bonds. The predicted molar refractivity (Wildman–Crippen MR) is 127 cm³/mol. The van der Waals surface area contributed by atoms with E-state index in [9.17, 15) is 4.79 Å². The molecule has 4 heteroatoms. The molecule has 0 N–H and O–H groups in total. The predicted octanol–water partition coefficient (Wildman–Crippen LogP) is 6.36. The third kappa shape index (κ3) is 3.25. The van der Waals surface area contributed by atoms with Gasteiger partial charge in [-0.3, -0.25) is 4.79 Å². The Morgan fingerprint density at radius 3 is 2.42 bits per heavy atom. The maximum absolute atomic E-state index is 11.5. The zero-order chi connectivity index (χ0) is 23.2. The van der Waals surface area contributed by atoms with Crippen LogP contribution in [0.15, 0.2) is 0 Å². The van der Waals surface area contributed by atoms with Crippen molar-refractivity contribution in [2.75, 3.05) is 6.61 Å². The van der Waals surface area contributed by atoms with Crippen LogP contribution in [0.2, 0.25) is 0 Å². The van der Waals surface area contributed by atoms with Gasteiger partial charge in [-0.15, -0.1) is 0 Å². The minimum Gasteiger partial charge on any atom is -0.463 e. The Hall–Kier alpha value is -0.610. The summed E-state index contributed by atoms with van der Waals surface area (Å²) in [7, 11) is 0. The Morgan fingerprint density at radius 2 is 1.70 bits per heavy atom. The standard InChI is InChI=1S/C29H46O4/c1-17-8-13-29(31-16-17)18(2)26-25(33-29)15-24-22-7-6-20-14-21(32-19(3)30)9-11-27(20,4)23(22)10-12-28(24,26)5/h17-18,20-26H,6-16H2,1-5H3/t17-,18+,20-,21+,22-,23+,24+,25-,26+,27-,28+,29+/m0/s1. The smallest absolute Gasteiger partial charge is 0.302 e. The maximum atomic E-state index is 11.5. The SMILES string of the molecule is CC(=O)O[C@@H]1CC[C@@]2(C)[C@@H](CC[C@H]3[C@H]2CC[C@@]2(C)[C@H]4[C@H](C[C@H]32)O[C@]2(CC[C@H](C)CO2)[C@@H]4C)C1. The van der Waals surface area contributed by atoms with Crippen LogP contribution in [0.25, 0.3) is 0 Å². The Kier molecular flexibility index (Phi) is 5.32. The summed E-state index contributed by atoms with van der Waals surface area (Å²) in [4.78, 5) is 11.5. The number of hydrogen-bond donors (Lipinski definition) is 0. The highest BCUT2D eigenvalue weighted by Crippen LogP contribution is 2.71. The van der Waals surface area contributed by atoms with Crippen molar-refractivity contribution in [3.05, 3.63) is 0 Å². The minimum absolute atomic E-state index is 0.105. The molecule has 4 nitrogen and oxygen atoms in total. The number of ether oxygens (including phenoxy) is 3. The van der Waals surface area contributed by atoms with E-state index >= 15 is 0 Å². The van der Waals surface area contributed by atoms with Crippen LogP contribution in [0.5, 0.6) is 0 Å². The largest absolute Gasteiger partial charge is 0.463 e. The Morgan fingerprint density at radius 1 is 0.909 bits per heavy atom. The van der Waals surface area contributed by atoms with Gasteiger partial charge in [0, 0.05) is 19.3 Å². The van der Waals surface area contributed by atoms with Gasteiger partial charge in [0.1, 0.15) is 6.10 Å². The minimum atomic E-state index is -0.300. The van der Waals surface area contributed by atoms with Crippen LogP contribution in [0.3, 0.4) is 0 Å². The molecule has 0 aromatic rings. The van der Waals surface area contributed by atoms with E-state index < -0.39 is 0 Å². The van der Waals surface area contributed by atoms with E-state index in [1.165, 1.54) is 44.9 Å². The van der Waals surface area contributed by atoms with Crippen molar-refractivity contribution in [3.63, 3.8) is 0 Å². The van der Waals surface area contributed by atoms with Crippen molar-refractivity contribution in [1.29, 1.82) is 0 Å². The molecule has 2 heterocycles. The summed E-state index contributed by atoms with van der Waals surface area (Å²) in [6, 6.07) is 0. The molecule has 33 heavy (non-hydrogen) atoms. The quantitative estimate of drug-likeness (QED) is 0.429. The lowest BCUT2D eigenvalue weighted by Crippen LogP contribution is -2.55. The van der Waals surface area contributed by atoms with E-state index in [1.54, 1.807) is 6.92 Å². The van der Waals surface area contributed by atoms with Gasteiger partial charge in [0.25, 0.3) is 0 Å². The zero-order valence-corrected chi connectivity index (χ0v) is 21.6. The number of esters is 1. The lowest BCUT2D eigenvalue weighted by atomic mass is 9.44. The summed E-state index contributed by atoms with van der Waals surface area (Å²) in [6.07, 6.45) is 12.9. The second-order valence-electron chi connectivity index (χ2n) is 13.7. The molecule has 2 aliphatic heterocycles. The van der Waals surface area contributed by atoms with Crippen molar-refractivity contribution < 1.29 is 19.0 Å². The third-order valence-corrected chi connectivity index (χ3v) is 12.2. The van der Waals surface area contributed by atoms with Gasteiger partial charge in [0.2, 0.25) is 0 Å². The van der Waals surface area contributed by atoms with E-state index in [2.05, 4.69) is 27.7 Å². The number of carbonyl (C=O) groups excluding carboxylic acids is 1. The molecular formula is C29H46O4. The molecule has 6 fully saturated rings. The third-order valence-electron chi connectivity index (χ3n) is 12.2. The summed E-state index contributed by atoms with van der Waals surface area (Å²) in [5.74, 6) is 4.63. The van der Waals surface area contributed by atoms with Gasteiger partial charge in [-0.05, 0) is 104 Å².